The predicted molar refractivity (Wildman–Crippen MR) is 60.4 cm³/mol. The predicted octanol–water partition coefficient (Wildman–Crippen LogP) is -0.395. The summed E-state index contributed by atoms with van der Waals surface area (Å²) in [5.74, 6) is 1.13. The van der Waals surface area contributed by atoms with E-state index in [1.807, 2.05) is 0 Å². The standard InChI is InChI=1S/C9H11N5O2/c10-6-2-8-7(15-4-16-8)1-5(6)3-13-14-9(11)12/h1-3H,4,10H2,(H4,11,12,14)/b13-3+. The number of ether oxygens (including phenoxy) is 2. The van der Waals surface area contributed by atoms with Crippen LogP contribution in [0.5, 0.6) is 11.5 Å². The van der Waals surface area contributed by atoms with Crippen LogP contribution in [0.15, 0.2) is 22.3 Å². The van der Waals surface area contributed by atoms with E-state index in [1.165, 1.54) is 6.21 Å². The number of hydrogen-bond acceptors (Lipinski definition) is 5. The van der Waals surface area contributed by atoms with Gasteiger partial charge < -0.3 is 26.7 Å². The van der Waals surface area contributed by atoms with E-state index in [4.69, 9.17) is 26.7 Å². The Kier molecular flexibility index (Phi) is 2.50. The van der Waals surface area contributed by atoms with Crippen molar-refractivity contribution >= 4 is 17.9 Å². The van der Waals surface area contributed by atoms with E-state index in [9.17, 15) is 0 Å². The molecule has 0 bridgehead atoms. The fraction of sp³-hybridized carbons (Fsp3) is 0.111. The number of nitrogens with two attached hydrogens (primary N) is 3. The highest BCUT2D eigenvalue weighted by molar-refractivity contribution is 5.89. The first kappa shape index (κ1) is 10.1. The van der Waals surface area contributed by atoms with Crippen LogP contribution in [-0.2, 0) is 0 Å². The highest BCUT2D eigenvalue weighted by Crippen LogP contribution is 2.35. The molecule has 84 valence electrons. The summed E-state index contributed by atoms with van der Waals surface area (Å²) in [5, 5.41) is 7.13. The molecular weight excluding hydrogens is 210 g/mol. The maximum Gasteiger partial charge on any atom is 0.231 e. The van der Waals surface area contributed by atoms with Crippen molar-refractivity contribution in [3.05, 3.63) is 17.7 Å². The molecule has 1 aliphatic heterocycles. The van der Waals surface area contributed by atoms with Crippen molar-refractivity contribution in [3.63, 3.8) is 0 Å². The summed E-state index contributed by atoms with van der Waals surface area (Å²) in [7, 11) is 0. The zero-order chi connectivity index (χ0) is 11.5. The number of benzene rings is 1. The minimum absolute atomic E-state index is 0.115. The summed E-state index contributed by atoms with van der Waals surface area (Å²) in [4.78, 5) is 0. The molecule has 1 aromatic carbocycles. The average Bonchev–Trinajstić information content (AvgIpc) is 2.64. The van der Waals surface area contributed by atoms with E-state index >= 15 is 0 Å². The van der Waals surface area contributed by atoms with E-state index in [2.05, 4.69) is 10.2 Å². The summed E-state index contributed by atoms with van der Waals surface area (Å²) in [6.45, 7) is 0.198. The van der Waals surface area contributed by atoms with Crippen LogP contribution < -0.4 is 26.7 Å². The Morgan fingerprint density at radius 1 is 1.25 bits per heavy atom. The normalized spacial score (nSPS) is 13.0. The molecule has 7 heteroatoms. The van der Waals surface area contributed by atoms with Crippen LogP contribution in [0.25, 0.3) is 0 Å². The number of guanidine groups is 1. The molecule has 1 aliphatic rings. The molecule has 1 heterocycles. The summed E-state index contributed by atoms with van der Waals surface area (Å²) in [6, 6.07) is 3.38. The van der Waals surface area contributed by atoms with Crippen molar-refractivity contribution in [1.82, 2.24) is 0 Å². The van der Waals surface area contributed by atoms with E-state index < -0.39 is 0 Å². The summed E-state index contributed by atoms with van der Waals surface area (Å²) >= 11 is 0. The van der Waals surface area contributed by atoms with Crippen molar-refractivity contribution < 1.29 is 9.47 Å². The van der Waals surface area contributed by atoms with Gasteiger partial charge in [-0.15, -0.1) is 5.10 Å². The Bertz CT molecular complexity index is 465. The summed E-state index contributed by atoms with van der Waals surface area (Å²) in [6.07, 6.45) is 1.44. The monoisotopic (exact) mass is 221 g/mol. The van der Waals surface area contributed by atoms with Crippen molar-refractivity contribution in [3.8, 4) is 11.5 Å². The van der Waals surface area contributed by atoms with Crippen LogP contribution in [0.2, 0.25) is 0 Å². The first-order valence-electron chi connectivity index (χ1n) is 4.48. The van der Waals surface area contributed by atoms with Crippen molar-refractivity contribution in [2.45, 2.75) is 0 Å². The Labute approximate surface area is 91.5 Å². The Morgan fingerprint density at radius 2 is 1.94 bits per heavy atom. The van der Waals surface area contributed by atoms with Crippen LogP contribution in [0.4, 0.5) is 5.69 Å². The van der Waals surface area contributed by atoms with Gasteiger partial charge in [0.1, 0.15) is 0 Å². The molecular formula is C9H11N5O2. The van der Waals surface area contributed by atoms with Crippen LogP contribution in [-0.4, -0.2) is 19.0 Å². The molecule has 1 aromatic rings. The second kappa shape index (κ2) is 3.97. The Hall–Kier alpha value is -2.44. The van der Waals surface area contributed by atoms with Gasteiger partial charge in [0.15, 0.2) is 11.5 Å². The zero-order valence-electron chi connectivity index (χ0n) is 8.38. The van der Waals surface area contributed by atoms with Crippen molar-refractivity contribution in [2.24, 2.45) is 21.7 Å². The molecule has 7 nitrogen and oxygen atoms in total. The fourth-order valence-corrected chi connectivity index (χ4v) is 1.24. The molecule has 2 rings (SSSR count). The second-order valence-corrected chi connectivity index (χ2v) is 3.10. The van der Waals surface area contributed by atoms with Crippen molar-refractivity contribution in [2.75, 3.05) is 12.5 Å². The van der Waals surface area contributed by atoms with Gasteiger partial charge in [0.05, 0.1) is 6.21 Å². The number of fused-ring (bicyclic) bond motifs is 1. The summed E-state index contributed by atoms with van der Waals surface area (Å²) < 4.78 is 10.4. The van der Waals surface area contributed by atoms with Crippen molar-refractivity contribution in [1.29, 1.82) is 0 Å². The SMILES string of the molecule is NC(N)=N/N=C/c1cc2c(cc1N)OCO2. The third kappa shape index (κ3) is 1.97. The van der Waals surface area contributed by atoms with Gasteiger partial charge >= 0.3 is 0 Å². The third-order valence-corrected chi connectivity index (χ3v) is 1.95. The van der Waals surface area contributed by atoms with Gasteiger partial charge in [0, 0.05) is 17.3 Å². The molecule has 0 unspecified atom stereocenters. The third-order valence-electron chi connectivity index (χ3n) is 1.95. The molecule has 0 saturated heterocycles. The van der Waals surface area contributed by atoms with Gasteiger partial charge in [-0.05, 0) is 6.07 Å². The molecule has 0 amide bonds. The van der Waals surface area contributed by atoms with Gasteiger partial charge in [0.2, 0.25) is 12.8 Å². The molecule has 0 spiro atoms. The molecule has 16 heavy (non-hydrogen) atoms. The summed E-state index contributed by atoms with van der Waals surface area (Å²) in [5.41, 5.74) is 17.2. The maximum absolute atomic E-state index is 5.77. The lowest BCUT2D eigenvalue weighted by atomic mass is 10.2. The second-order valence-electron chi connectivity index (χ2n) is 3.10. The lowest BCUT2D eigenvalue weighted by Crippen LogP contribution is -2.21. The molecule has 6 N–H and O–H groups in total. The Balaban J connectivity index is 2.28. The average molecular weight is 221 g/mol. The quantitative estimate of drug-likeness (QED) is 0.271. The molecule has 0 fully saturated rings. The maximum atomic E-state index is 5.77. The molecule has 0 aromatic heterocycles. The van der Waals surface area contributed by atoms with E-state index in [1.54, 1.807) is 12.1 Å². The minimum Gasteiger partial charge on any atom is -0.454 e. The number of anilines is 1. The highest BCUT2D eigenvalue weighted by atomic mass is 16.7. The lowest BCUT2D eigenvalue weighted by Gasteiger charge is -2.01. The smallest absolute Gasteiger partial charge is 0.231 e. The van der Waals surface area contributed by atoms with E-state index in [0.717, 1.165) is 0 Å². The first-order chi connectivity index (χ1) is 7.66. The Morgan fingerprint density at radius 3 is 2.62 bits per heavy atom. The largest absolute Gasteiger partial charge is 0.454 e. The number of hydrogen-bond donors (Lipinski definition) is 3. The minimum atomic E-state index is -0.115. The van der Waals surface area contributed by atoms with Gasteiger partial charge in [-0.1, -0.05) is 0 Å². The van der Waals surface area contributed by atoms with E-state index in [-0.39, 0.29) is 12.8 Å². The zero-order valence-corrected chi connectivity index (χ0v) is 8.38. The van der Waals surface area contributed by atoms with Gasteiger partial charge in [-0.25, -0.2) is 0 Å². The highest BCUT2D eigenvalue weighted by Gasteiger charge is 2.15. The van der Waals surface area contributed by atoms with Crippen LogP contribution >= 0.6 is 0 Å². The molecule has 0 atom stereocenters. The number of nitrogens with zero attached hydrogens (tertiary/aromatic N) is 2. The molecule has 0 radical (unpaired) electrons. The van der Waals surface area contributed by atoms with Gasteiger partial charge in [0.25, 0.3) is 0 Å². The van der Waals surface area contributed by atoms with E-state index in [0.29, 0.717) is 22.7 Å². The van der Waals surface area contributed by atoms with Gasteiger partial charge in [-0.3, -0.25) is 0 Å². The number of nitrogen functional groups attached to an aromatic ring is 1. The lowest BCUT2D eigenvalue weighted by molar-refractivity contribution is 0.174. The van der Waals surface area contributed by atoms with Crippen LogP contribution in [0.1, 0.15) is 5.56 Å². The molecule has 0 aliphatic carbocycles. The van der Waals surface area contributed by atoms with Crippen LogP contribution in [0, 0.1) is 0 Å². The topological polar surface area (TPSA) is 121 Å². The number of rotatable bonds is 2. The van der Waals surface area contributed by atoms with Gasteiger partial charge in [-0.2, -0.15) is 5.10 Å². The fourth-order valence-electron chi connectivity index (χ4n) is 1.24. The molecule has 0 saturated carbocycles. The van der Waals surface area contributed by atoms with Crippen LogP contribution in [0.3, 0.4) is 0 Å². The first-order valence-corrected chi connectivity index (χ1v) is 4.48.